The molecule has 9 nitrogen and oxygen atoms in total. The number of amides is 2. The number of rotatable bonds is 6. The van der Waals surface area contributed by atoms with Crippen molar-refractivity contribution in [3.8, 4) is 0 Å². The van der Waals surface area contributed by atoms with Crippen LogP contribution in [0.1, 0.15) is 39.1 Å². The van der Waals surface area contributed by atoms with Crippen LogP contribution in [-0.2, 0) is 21.2 Å². The van der Waals surface area contributed by atoms with Crippen LogP contribution in [0.4, 0.5) is 0 Å². The largest absolute Gasteiger partial charge is 0.338 e. The fourth-order valence-electron chi connectivity index (χ4n) is 4.62. The van der Waals surface area contributed by atoms with Crippen molar-refractivity contribution in [3.05, 3.63) is 39.3 Å². The van der Waals surface area contributed by atoms with Gasteiger partial charge < -0.3 is 9.80 Å². The first-order chi connectivity index (χ1) is 15.6. The van der Waals surface area contributed by atoms with E-state index in [9.17, 15) is 18.0 Å². The van der Waals surface area contributed by atoms with Crippen LogP contribution in [0.5, 0.6) is 0 Å². The number of thiophene rings is 1. The Morgan fingerprint density at radius 2 is 1.88 bits per heavy atom. The summed E-state index contributed by atoms with van der Waals surface area (Å²) in [6.45, 7) is 6.91. The summed E-state index contributed by atoms with van der Waals surface area (Å²) >= 11 is 1.44. The fraction of sp³-hybridized carbons (Fsp3) is 0.591. The molecular weight excluding hydrogens is 462 g/mol. The van der Waals surface area contributed by atoms with Gasteiger partial charge in [-0.15, -0.1) is 11.3 Å². The van der Waals surface area contributed by atoms with E-state index in [-0.39, 0.29) is 35.9 Å². The molecule has 2 aromatic rings. The number of aryl methyl sites for hydroxylation is 1. The van der Waals surface area contributed by atoms with Crippen LogP contribution in [0, 0.1) is 13.8 Å². The number of sulfone groups is 1. The monoisotopic (exact) mass is 493 g/mol. The second kappa shape index (κ2) is 9.55. The van der Waals surface area contributed by atoms with Gasteiger partial charge in [-0.25, -0.2) is 8.42 Å². The second-order valence-corrected chi connectivity index (χ2v) is 12.1. The lowest BCUT2D eigenvalue weighted by molar-refractivity contribution is -0.133. The first-order valence-electron chi connectivity index (χ1n) is 11.2. The SMILES string of the molecule is Cc1nn([C@@H]2CCS(=O)(=O)C2)c(C)c1CN(C)CC(=O)N1CCN(C(=O)c2cccs2)CC1. The quantitative estimate of drug-likeness (QED) is 0.603. The van der Waals surface area contributed by atoms with Crippen molar-refractivity contribution < 1.29 is 18.0 Å². The van der Waals surface area contributed by atoms with Gasteiger partial charge in [0.1, 0.15) is 0 Å². The summed E-state index contributed by atoms with van der Waals surface area (Å²) < 4.78 is 25.6. The summed E-state index contributed by atoms with van der Waals surface area (Å²) in [5.74, 6) is 0.438. The van der Waals surface area contributed by atoms with Gasteiger partial charge in [0.25, 0.3) is 5.91 Å². The third-order valence-corrected chi connectivity index (χ3v) is 9.12. The van der Waals surface area contributed by atoms with Crippen molar-refractivity contribution in [3.63, 3.8) is 0 Å². The second-order valence-electron chi connectivity index (χ2n) is 8.97. The minimum atomic E-state index is -2.98. The Labute approximate surface area is 198 Å². The zero-order valence-electron chi connectivity index (χ0n) is 19.4. The van der Waals surface area contributed by atoms with E-state index in [2.05, 4.69) is 5.10 Å². The molecular formula is C22H31N5O4S2. The molecule has 2 fully saturated rings. The normalized spacial score (nSPS) is 20.5. The average Bonchev–Trinajstić information content (AvgIpc) is 3.49. The van der Waals surface area contributed by atoms with Crippen molar-refractivity contribution in [2.24, 2.45) is 0 Å². The molecule has 0 N–H and O–H groups in total. The van der Waals surface area contributed by atoms with E-state index in [0.29, 0.717) is 39.1 Å². The zero-order valence-corrected chi connectivity index (χ0v) is 21.0. The summed E-state index contributed by atoms with van der Waals surface area (Å²) in [5, 5.41) is 6.51. The number of nitrogens with zero attached hydrogens (tertiary/aromatic N) is 5. The molecule has 2 aliphatic heterocycles. The summed E-state index contributed by atoms with van der Waals surface area (Å²) in [7, 11) is -1.08. The number of aromatic nitrogens is 2. The van der Waals surface area contributed by atoms with E-state index in [1.165, 1.54) is 11.3 Å². The third kappa shape index (κ3) is 5.30. The third-order valence-electron chi connectivity index (χ3n) is 6.51. The molecule has 0 aliphatic carbocycles. The van der Waals surface area contributed by atoms with Crippen LogP contribution in [0.2, 0.25) is 0 Å². The Bertz CT molecular complexity index is 1120. The van der Waals surface area contributed by atoms with E-state index in [4.69, 9.17) is 0 Å². The van der Waals surface area contributed by atoms with Crippen LogP contribution in [0.25, 0.3) is 0 Å². The topological polar surface area (TPSA) is 95.8 Å². The van der Waals surface area contributed by atoms with Crippen molar-refractivity contribution in [1.82, 2.24) is 24.5 Å². The van der Waals surface area contributed by atoms with Crippen molar-refractivity contribution in [2.45, 2.75) is 32.9 Å². The Hall–Kier alpha value is -2.24. The molecule has 180 valence electrons. The molecule has 0 saturated carbocycles. The van der Waals surface area contributed by atoms with Gasteiger partial charge in [-0.05, 0) is 38.8 Å². The number of carbonyl (C=O) groups excluding carboxylic acids is 2. The van der Waals surface area contributed by atoms with E-state index < -0.39 is 9.84 Å². The summed E-state index contributed by atoms with van der Waals surface area (Å²) in [6, 6.07) is 3.59. The maximum absolute atomic E-state index is 12.9. The van der Waals surface area contributed by atoms with E-state index in [0.717, 1.165) is 21.8 Å². The van der Waals surface area contributed by atoms with Crippen molar-refractivity contribution in [2.75, 3.05) is 51.3 Å². The van der Waals surface area contributed by atoms with Gasteiger partial charge in [0.05, 0.1) is 34.7 Å². The highest BCUT2D eigenvalue weighted by molar-refractivity contribution is 7.91. The van der Waals surface area contributed by atoms with Crippen molar-refractivity contribution in [1.29, 1.82) is 0 Å². The highest BCUT2D eigenvalue weighted by atomic mass is 32.2. The number of piperazine rings is 1. The first-order valence-corrected chi connectivity index (χ1v) is 13.9. The van der Waals surface area contributed by atoms with Crippen LogP contribution in [-0.4, -0.2) is 96.0 Å². The number of carbonyl (C=O) groups is 2. The number of hydrogen-bond donors (Lipinski definition) is 0. The Kier molecular flexibility index (Phi) is 6.92. The molecule has 0 unspecified atom stereocenters. The average molecular weight is 494 g/mol. The highest BCUT2D eigenvalue weighted by Crippen LogP contribution is 2.27. The summed E-state index contributed by atoms with van der Waals surface area (Å²) in [4.78, 5) is 31.7. The van der Waals surface area contributed by atoms with E-state index in [1.54, 1.807) is 0 Å². The molecule has 33 heavy (non-hydrogen) atoms. The highest BCUT2D eigenvalue weighted by Gasteiger charge is 2.32. The fourth-order valence-corrected chi connectivity index (χ4v) is 7.00. The molecule has 2 aliphatic rings. The van der Waals surface area contributed by atoms with Gasteiger partial charge in [0.15, 0.2) is 9.84 Å². The maximum atomic E-state index is 12.9. The Morgan fingerprint density at radius 3 is 2.48 bits per heavy atom. The number of likely N-dealkylation sites (N-methyl/N-ethyl adjacent to an activating group) is 1. The van der Waals surface area contributed by atoms with Crippen LogP contribution in [0.3, 0.4) is 0 Å². The van der Waals surface area contributed by atoms with Crippen LogP contribution >= 0.6 is 11.3 Å². The molecule has 2 saturated heterocycles. The lowest BCUT2D eigenvalue weighted by Crippen LogP contribution is -2.52. The van der Waals surface area contributed by atoms with Crippen LogP contribution in [0.15, 0.2) is 17.5 Å². The molecule has 0 spiro atoms. The minimum absolute atomic E-state index is 0.0345. The predicted molar refractivity (Wildman–Crippen MR) is 127 cm³/mol. The predicted octanol–water partition coefficient (Wildman–Crippen LogP) is 1.34. The molecule has 1 atom stereocenters. The van der Waals surface area contributed by atoms with Crippen molar-refractivity contribution >= 4 is 33.0 Å². The van der Waals surface area contributed by atoms with Gasteiger partial charge >= 0.3 is 0 Å². The van der Waals surface area contributed by atoms with Gasteiger partial charge in [-0.2, -0.15) is 5.10 Å². The standard InChI is InChI=1S/C22H31N5O4S2/c1-16-19(17(2)27(23-16)18-6-12-33(30,31)15-18)13-24(3)14-21(28)25-7-9-26(10-8-25)22(29)20-5-4-11-32-20/h4-5,11,18H,6-10,12-15H2,1-3H3/t18-/m1/s1. The summed E-state index contributed by atoms with van der Waals surface area (Å²) in [5.41, 5.74) is 2.88. The molecule has 2 amide bonds. The zero-order chi connectivity index (χ0) is 23.8. The molecule has 2 aromatic heterocycles. The lowest BCUT2D eigenvalue weighted by Gasteiger charge is -2.35. The molecule has 0 aromatic carbocycles. The maximum Gasteiger partial charge on any atom is 0.264 e. The van der Waals surface area contributed by atoms with E-state index in [1.807, 2.05) is 57.8 Å². The van der Waals surface area contributed by atoms with Gasteiger partial charge in [-0.3, -0.25) is 19.2 Å². The Morgan fingerprint density at radius 1 is 1.18 bits per heavy atom. The molecule has 0 bridgehead atoms. The number of hydrogen-bond acceptors (Lipinski definition) is 7. The molecule has 4 rings (SSSR count). The minimum Gasteiger partial charge on any atom is -0.338 e. The Balaban J connectivity index is 1.31. The van der Waals surface area contributed by atoms with Gasteiger partial charge in [-0.1, -0.05) is 6.07 Å². The molecule has 0 radical (unpaired) electrons. The lowest BCUT2D eigenvalue weighted by atomic mass is 10.1. The first kappa shape index (κ1) is 23.9. The molecule has 4 heterocycles. The van der Waals surface area contributed by atoms with Gasteiger partial charge in [0, 0.05) is 44.0 Å². The van der Waals surface area contributed by atoms with Crippen LogP contribution < -0.4 is 0 Å². The van der Waals surface area contributed by atoms with E-state index >= 15 is 0 Å². The summed E-state index contributed by atoms with van der Waals surface area (Å²) in [6.07, 6.45) is 0.596. The van der Waals surface area contributed by atoms with Gasteiger partial charge in [0.2, 0.25) is 5.91 Å². The smallest absolute Gasteiger partial charge is 0.264 e. The molecule has 11 heteroatoms.